The zero-order chi connectivity index (χ0) is 16.4. The minimum atomic E-state index is -0.913. The summed E-state index contributed by atoms with van der Waals surface area (Å²) in [6, 6.07) is 9.82. The van der Waals surface area contributed by atoms with Gasteiger partial charge in [0.15, 0.2) is 0 Å². The van der Waals surface area contributed by atoms with Gasteiger partial charge in [0.25, 0.3) is 0 Å². The molecule has 1 aliphatic carbocycles. The molecule has 2 heterocycles. The smallest absolute Gasteiger partial charge is 0.339 e. The fourth-order valence-electron chi connectivity index (χ4n) is 2.60. The molecule has 4 rings (SSSR count). The second kappa shape index (κ2) is 6.24. The van der Waals surface area contributed by atoms with Gasteiger partial charge in [-0.05, 0) is 68.0 Å². The summed E-state index contributed by atoms with van der Waals surface area (Å²) in [4.78, 5) is 15.0. The molecule has 0 unspecified atom stereocenters. The van der Waals surface area contributed by atoms with Gasteiger partial charge in [-0.1, -0.05) is 6.07 Å². The predicted octanol–water partition coefficient (Wildman–Crippen LogP) is 4.71. The Morgan fingerprint density at radius 1 is 1.17 bits per heavy atom. The lowest BCUT2D eigenvalue weighted by atomic mass is 10.1. The van der Waals surface area contributed by atoms with Crippen molar-refractivity contribution in [2.45, 2.75) is 32.6 Å². The van der Waals surface area contributed by atoms with Crippen molar-refractivity contribution in [3.05, 3.63) is 65.2 Å². The third kappa shape index (κ3) is 3.42. The van der Waals surface area contributed by atoms with Crippen LogP contribution in [0.4, 0.5) is 0 Å². The van der Waals surface area contributed by atoms with E-state index in [4.69, 9.17) is 9.52 Å². The number of nitrogens with zero attached hydrogens (tertiary/aromatic N) is 1. The standard InChI is InChI=1S/C13H12O3.C6H7N/c1-7-12(13(14)15)10-6-9(8-2-3-8)4-5-11(10)16-7;1-6-2-4-7-5-3-6/h4-6,8H,2-3H2,1H3,(H,14,15);2-5H,1H3. The normalized spacial score (nSPS) is 13.5. The van der Waals surface area contributed by atoms with Crippen molar-refractivity contribution in [1.82, 2.24) is 4.98 Å². The molecule has 23 heavy (non-hydrogen) atoms. The summed E-state index contributed by atoms with van der Waals surface area (Å²) in [5.74, 6) is 0.195. The van der Waals surface area contributed by atoms with Gasteiger partial charge in [-0.3, -0.25) is 4.98 Å². The molecule has 2 aromatic heterocycles. The molecule has 1 saturated carbocycles. The van der Waals surface area contributed by atoms with Gasteiger partial charge in [-0.15, -0.1) is 0 Å². The van der Waals surface area contributed by atoms with Crippen LogP contribution < -0.4 is 0 Å². The third-order valence-corrected chi connectivity index (χ3v) is 4.00. The maximum absolute atomic E-state index is 11.1. The van der Waals surface area contributed by atoms with Crippen LogP contribution >= 0.6 is 0 Å². The van der Waals surface area contributed by atoms with Gasteiger partial charge in [-0.2, -0.15) is 0 Å². The van der Waals surface area contributed by atoms with E-state index in [9.17, 15) is 4.79 Å². The van der Waals surface area contributed by atoms with Crippen molar-refractivity contribution in [1.29, 1.82) is 0 Å². The average molecular weight is 309 g/mol. The highest BCUT2D eigenvalue weighted by Gasteiger charge is 2.25. The molecular weight excluding hydrogens is 290 g/mol. The second-order valence-electron chi connectivity index (χ2n) is 5.89. The van der Waals surface area contributed by atoms with E-state index in [0.29, 0.717) is 22.8 Å². The van der Waals surface area contributed by atoms with Gasteiger partial charge in [0.1, 0.15) is 16.9 Å². The van der Waals surface area contributed by atoms with E-state index >= 15 is 0 Å². The van der Waals surface area contributed by atoms with Gasteiger partial charge in [0.2, 0.25) is 0 Å². The van der Waals surface area contributed by atoms with Gasteiger partial charge < -0.3 is 9.52 Å². The minimum absolute atomic E-state index is 0.303. The van der Waals surface area contributed by atoms with Crippen LogP contribution in [-0.2, 0) is 0 Å². The van der Waals surface area contributed by atoms with Crippen LogP contribution in [0.1, 0.15) is 46.0 Å². The molecule has 3 aromatic rings. The molecule has 1 fully saturated rings. The van der Waals surface area contributed by atoms with Crippen molar-refractivity contribution in [3.63, 3.8) is 0 Å². The van der Waals surface area contributed by atoms with Gasteiger partial charge in [0.05, 0.1) is 0 Å². The molecule has 0 amide bonds. The molecular formula is C19H19NO3. The molecule has 1 N–H and O–H groups in total. The summed E-state index contributed by atoms with van der Waals surface area (Å²) in [6.07, 6.45) is 6.00. The van der Waals surface area contributed by atoms with Crippen LogP contribution in [0.3, 0.4) is 0 Å². The zero-order valence-corrected chi connectivity index (χ0v) is 13.2. The van der Waals surface area contributed by atoms with E-state index in [1.54, 1.807) is 19.3 Å². The highest BCUT2D eigenvalue weighted by molar-refractivity contribution is 6.03. The lowest BCUT2D eigenvalue weighted by Gasteiger charge is -1.97. The number of fused-ring (bicyclic) bond motifs is 1. The van der Waals surface area contributed by atoms with E-state index in [-0.39, 0.29) is 0 Å². The lowest BCUT2D eigenvalue weighted by Crippen LogP contribution is -1.96. The van der Waals surface area contributed by atoms with E-state index < -0.39 is 5.97 Å². The molecule has 0 radical (unpaired) electrons. The maximum Gasteiger partial charge on any atom is 0.339 e. The average Bonchev–Trinajstić information content (AvgIpc) is 3.30. The Kier molecular flexibility index (Phi) is 4.15. The topological polar surface area (TPSA) is 63.3 Å². The summed E-state index contributed by atoms with van der Waals surface area (Å²) >= 11 is 0. The zero-order valence-electron chi connectivity index (χ0n) is 13.2. The largest absolute Gasteiger partial charge is 0.478 e. The number of benzene rings is 1. The molecule has 1 aromatic carbocycles. The Labute approximate surface area is 134 Å². The van der Waals surface area contributed by atoms with Crippen molar-refractivity contribution in [3.8, 4) is 0 Å². The summed E-state index contributed by atoms with van der Waals surface area (Å²) in [7, 11) is 0. The fraction of sp³-hybridized carbons (Fsp3) is 0.263. The number of hydrogen-bond donors (Lipinski definition) is 1. The van der Waals surface area contributed by atoms with Crippen molar-refractivity contribution in [2.24, 2.45) is 0 Å². The number of pyridine rings is 1. The molecule has 0 atom stereocenters. The Balaban J connectivity index is 0.000000188. The molecule has 4 nitrogen and oxygen atoms in total. The molecule has 1 aliphatic rings. The summed E-state index contributed by atoms with van der Waals surface area (Å²) < 4.78 is 5.43. The number of carboxylic acids is 1. The first-order valence-corrected chi connectivity index (χ1v) is 7.69. The number of aryl methyl sites for hydroxylation is 2. The van der Waals surface area contributed by atoms with Crippen LogP contribution in [0.15, 0.2) is 47.1 Å². The Hall–Kier alpha value is -2.62. The first-order chi connectivity index (χ1) is 11.1. The quantitative estimate of drug-likeness (QED) is 0.745. The number of aromatic nitrogens is 1. The predicted molar refractivity (Wildman–Crippen MR) is 88.9 cm³/mol. The summed E-state index contributed by atoms with van der Waals surface area (Å²) in [6.45, 7) is 3.74. The summed E-state index contributed by atoms with van der Waals surface area (Å²) in [5.41, 5.74) is 3.46. The number of aromatic carboxylic acids is 1. The van der Waals surface area contributed by atoms with E-state index in [1.165, 1.54) is 24.0 Å². The number of hydrogen-bond acceptors (Lipinski definition) is 3. The molecule has 0 bridgehead atoms. The highest BCUT2D eigenvalue weighted by Crippen LogP contribution is 2.41. The monoisotopic (exact) mass is 309 g/mol. The lowest BCUT2D eigenvalue weighted by molar-refractivity contribution is 0.0697. The maximum atomic E-state index is 11.1. The van der Waals surface area contributed by atoms with Crippen LogP contribution in [0.2, 0.25) is 0 Å². The van der Waals surface area contributed by atoms with Gasteiger partial charge in [0, 0.05) is 17.8 Å². The first-order valence-electron chi connectivity index (χ1n) is 7.69. The van der Waals surface area contributed by atoms with E-state index in [0.717, 1.165) is 5.39 Å². The van der Waals surface area contributed by atoms with Crippen molar-refractivity contribution < 1.29 is 14.3 Å². The molecule has 0 aliphatic heterocycles. The Morgan fingerprint density at radius 3 is 2.39 bits per heavy atom. The van der Waals surface area contributed by atoms with Crippen LogP contribution in [0.25, 0.3) is 11.0 Å². The molecule has 0 saturated heterocycles. The van der Waals surface area contributed by atoms with Gasteiger partial charge in [-0.25, -0.2) is 4.79 Å². The summed E-state index contributed by atoms with van der Waals surface area (Å²) in [5, 5.41) is 9.87. The van der Waals surface area contributed by atoms with Crippen LogP contribution in [0, 0.1) is 13.8 Å². The highest BCUT2D eigenvalue weighted by atomic mass is 16.4. The molecule has 4 heteroatoms. The molecule has 0 spiro atoms. The van der Waals surface area contributed by atoms with Gasteiger partial charge >= 0.3 is 5.97 Å². The van der Waals surface area contributed by atoms with Crippen molar-refractivity contribution in [2.75, 3.05) is 0 Å². The third-order valence-electron chi connectivity index (χ3n) is 4.00. The SMILES string of the molecule is Cc1ccncc1.Cc1oc2ccc(C3CC3)cc2c1C(=O)O. The molecule has 118 valence electrons. The van der Waals surface area contributed by atoms with E-state index in [1.807, 2.05) is 37.3 Å². The number of carbonyl (C=O) groups is 1. The van der Waals surface area contributed by atoms with E-state index in [2.05, 4.69) is 4.98 Å². The Bertz CT molecular complexity index is 832. The second-order valence-corrected chi connectivity index (χ2v) is 5.89. The number of furan rings is 1. The number of carboxylic acid groups (broad SMARTS) is 1. The Morgan fingerprint density at radius 2 is 1.87 bits per heavy atom. The van der Waals surface area contributed by atoms with Crippen LogP contribution in [-0.4, -0.2) is 16.1 Å². The minimum Gasteiger partial charge on any atom is -0.478 e. The van der Waals surface area contributed by atoms with Crippen molar-refractivity contribution >= 4 is 16.9 Å². The first kappa shape index (κ1) is 15.3. The number of rotatable bonds is 2. The fourth-order valence-corrected chi connectivity index (χ4v) is 2.60. The van der Waals surface area contributed by atoms with Crippen LogP contribution in [0.5, 0.6) is 0 Å².